The third kappa shape index (κ3) is 0.932. The number of fused-ring (bicyclic) bond motifs is 1. The first-order valence-electron chi connectivity index (χ1n) is 3.81. The molecular weight excluding hydrogens is 170 g/mol. The normalized spacial score (nSPS) is 10.9. The van der Waals surface area contributed by atoms with Crippen LogP contribution in [-0.2, 0) is 14.1 Å². The Morgan fingerprint density at radius 1 is 1.54 bits per heavy atom. The van der Waals surface area contributed by atoms with E-state index in [1.165, 1.54) is 0 Å². The van der Waals surface area contributed by atoms with Crippen molar-refractivity contribution in [3.63, 3.8) is 0 Å². The van der Waals surface area contributed by atoms with Gasteiger partial charge in [0.25, 0.3) is 0 Å². The Labute approximate surface area is 74.2 Å². The van der Waals surface area contributed by atoms with E-state index in [0.717, 1.165) is 5.65 Å². The molecule has 2 heterocycles. The van der Waals surface area contributed by atoms with Crippen LogP contribution in [0.2, 0.25) is 0 Å². The van der Waals surface area contributed by atoms with Gasteiger partial charge in [0.15, 0.2) is 0 Å². The predicted molar refractivity (Wildman–Crippen MR) is 46.6 cm³/mol. The average Bonchev–Trinajstić information content (AvgIpc) is 2.55. The van der Waals surface area contributed by atoms with E-state index in [4.69, 9.17) is 5.11 Å². The minimum atomic E-state index is -0.930. The lowest BCUT2D eigenvalue weighted by molar-refractivity contribution is 0.0687. The van der Waals surface area contributed by atoms with Crippen molar-refractivity contribution in [3.05, 3.63) is 18.1 Å². The van der Waals surface area contributed by atoms with Crippen LogP contribution in [0.5, 0.6) is 0 Å². The van der Waals surface area contributed by atoms with Gasteiger partial charge < -0.3 is 14.2 Å². The van der Waals surface area contributed by atoms with E-state index in [1.807, 2.05) is 7.05 Å². The number of nitrogens with zero attached hydrogens (tertiary/aromatic N) is 3. The molecule has 2 aromatic rings. The van der Waals surface area contributed by atoms with Gasteiger partial charge in [-0.2, -0.15) is 0 Å². The van der Waals surface area contributed by atoms with Crippen molar-refractivity contribution in [1.29, 1.82) is 0 Å². The quantitative estimate of drug-likeness (QED) is 0.697. The van der Waals surface area contributed by atoms with E-state index < -0.39 is 5.97 Å². The molecule has 0 aliphatic carbocycles. The largest absolute Gasteiger partial charge is 0.477 e. The van der Waals surface area contributed by atoms with Gasteiger partial charge in [-0.25, -0.2) is 9.78 Å². The summed E-state index contributed by atoms with van der Waals surface area (Å²) in [7, 11) is 3.55. The van der Waals surface area contributed by atoms with Crippen LogP contribution in [0.1, 0.15) is 10.5 Å². The van der Waals surface area contributed by atoms with E-state index in [9.17, 15) is 4.79 Å². The van der Waals surface area contributed by atoms with Crippen molar-refractivity contribution < 1.29 is 9.90 Å². The number of aromatic nitrogens is 3. The predicted octanol–water partition coefficient (Wildman–Crippen LogP) is 0.610. The lowest BCUT2D eigenvalue weighted by atomic mass is 10.4. The molecule has 13 heavy (non-hydrogen) atoms. The summed E-state index contributed by atoms with van der Waals surface area (Å²) in [6.07, 6.45) is 1.66. The number of hydrogen-bond acceptors (Lipinski definition) is 2. The second-order valence-electron chi connectivity index (χ2n) is 2.96. The molecule has 0 aliphatic rings. The summed E-state index contributed by atoms with van der Waals surface area (Å²) in [6.45, 7) is 0. The van der Waals surface area contributed by atoms with Crippen molar-refractivity contribution in [2.45, 2.75) is 0 Å². The summed E-state index contributed by atoms with van der Waals surface area (Å²) in [5, 5.41) is 8.82. The smallest absolute Gasteiger partial charge is 0.352 e. The molecule has 5 heteroatoms. The van der Waals surface area contributed by atoms with Gasteiger partial charge in [0.2, 0.25) is 0 Å². The molecule has 0 atom stereocenters. The number of imidazole rings is 1. The Morgan fingerprint density at radius 3 is 2.77 bits per heavy atom. The molecule has 2 aromatic heterocycles. The molecule has 2 rings (SSSR count). The van der Waals surface area contributed by atoms with Crippen molar-refractivity contribution in [1.82, 2.24) is 14.1 Å². The second-order valence-corrected chi connectivity index (χ2v) is 2.96. The zero-order chi connectivity index (χ0) is 9.59. The second kappa shape index (κ2) is 2.35. The SMILES string of the molecule is Cn1cnc2cc(C(=O)O)n(C)c21. The van der Waals surface area contributed by atoms with Gasteiger partial charge in [-0.15, -0.1) is 0 Å². The number of hydrogen-bond donors (Lipinski definition) is 1. The fourth-order valence-corrected chi connectivity index (χ4v) is 1.50. The van der Waals surface area contributed by atoms with Gasteiger partial charge >= 0.3 is 5.97 Å². The number of aryl methyl sites for hydroxylation is 2. The van der Waals surface area contributed by atoms with Gasteiger partial charge in [-0.05, 0) is 6.07 Å². The Kier molecular flexibility index (Phi) is 1.42. The van der Waals surface area contributed by atoms with Gasteiger partial charge in [-0.3, -0.25) is 0 Å². The Bertz CT molecular complexity index is 481. The van der Waals surface area contributed by atoms with Crippen LogP contribution >= 0.6 is 0 Å². The maximum Gasteiger partial charge on any atom is 0.352 e. The third-order valence-electron chi connectivity index (χ3n) is 2.10. The molecule has 0 aromatic carbocycles. The summed E-state index contributed by atoms with van der Waals surface area (Å²) in [4.78, 5) is 14.8. The van der Waals surface area contributed by atoms with Gasteiger partial charge in [0.1, 0.15) is 16.9 Å². The van der Waals surface area contributed by atoms with E-state index in [1.54, 1.807) is 28.6 Å². The number of carbonyl (C=O) groups is 1. The molecule has 5 nitrogen and oxygen atoms in total. The molecule has 0 saturated heterocycles. The number of carboxylic acids is 1. The van der Waals surface area contributed by atoms with Crippen LogP contribution in [0.3, 0.4) is 0 Å². The highest BCUT2D eigenvalue weighted by Gasteiger charge is 2.14. The Morgan fingerprint density at radius 2 is 2.23 bits per heavy atom. The Balaban J connectivity index is 2.82. The number of carboxylic acid groups (broad SMARTS) is 1. The monoisotopic (exact) mass is 179 g/mol. The van der Waals surface area contributed by atoms with Crippen LogP contribution in [0, 0.1) is 0 Å². The van der Waals surface area contributed by atoms with E-state index >= 15 is 0 Å². The fourth-order valence-electron chi connectivity index (χ4n) is 1.50. The standard InChI is InChI=1S/C8H9N3O2/c1-10-4-9-5-3-6(8(12)13)11(2)7(5)10/h3-4H,1-2H3,(H,12,13). The molecule has 0 amide bonds. The average molecular weight is 179 g/mol. The maximum atomic E-state index is 10.7. The summed E-state index contributed by atoms with van der Waals surface area (Å²) in [5.41, 5.74) is 1.79. The van der Waals surface area contributed by atoms with Gasteiger partial charge in [-0.1, -0.05) is 0 Å². The lowest BCUT2D eigenvalue weighted by Gasteiger charge is -1.99. The van der Waals surface area contributed by atoms with Crippen molar-refractivity contribution in [2.75, 3.05) is 0 Å². The van der Waals surface area contributed by atoms with Crippen LogP contribution in [0.15, 0.2) is 12.4 Å². The zero-order valence-electron chi connectivity index (χ0n) is 7.35. The number of aromatic carboxylic acids is 1. The first-order valence-corrected chi connectivity index (χ1v) is 3.81. The van der Waals surface area contributed by atoms with E-state index in [0.29, 0.717) is 5.52 Å². The van der Waals surface area contributed by atoms with E-state index in [2.05, 4.69) is 4.98 Å². The number of rotatable bonds is 1. The molecule has 0 spiro atoms. The molecule has 68 valence electrons. The Hall–Kier alpha value is -1.78. The molecule has 0 aliphatic heterocycles. The highest BCUT2D eigenvalue weighted by molar-refractivity contribution is 5.92. The lowest BCUT2D eigenvalue weighted by Crippen LogP contribution is -2.05. The van der Waals surface area contributed by atoms with Gasteiger partial charge in [0.05, 0.1) is 6.33 Å². The van der Waals surface area contributed by atoms with Crippen molar-refractivity contribution >= 4 is 17.1 Å². The molecule has 0 bridgehead atoms. The van der Waals surface area contributed by atoms with Crippen LogP contribution < -0.4 is 0 Å². The highest BCUT2D eigenvalue weighted by atomic mass is 16.4. The molecule has 1 N–H and O–H groups in total. The van der Waals surface area contributed by atoms with Crippen molar-refractivity contribution in [3.8, 4) is 0 Å². The maximum absolute atomic E-state index is 10.7. The minimum absolute atomic E-state index is 0.258. The molecule has 0 radical (unpaired) electrons. The van der Waals surface area contributed by atoms with Crippen LogP contribution in [0.25, 0.3) is 11.2 Å². The highest BCUT2D eigenvalue weighted by Crippen LogP contribution is 2.16. The third-order valence-corrected chi connectivity index (χ3v) is 2.10. The van der Waals surface area contributed by atoms with E-state index in [-0.39, 0.29) is 5.69 Å². The van der Waals surface area contributed by atoms with Crippen molar-refractivity contribution in [2.24, 2.45) is 14.1 Å². The first-order chi connectivity index (χ1) is 6.11. The fraction of sp³-hybridized carbons (Fsp3) is 0.250. The first kappa shape index (κ1) is 7.85. The topological polar surface area (TPSA) is 60.1 Å². The van der Waals surface area contributed by atoms with Crippen LogP contribution in [0.4, 0.5) is 0 Å². The zero-order valence-corrected chi connectivity index (χ0v) is 7.35. The molecule has 0 unspecified atom stereocenters. The molecular formula is C8H9N3O2. The summed E-state index contributed by atoms with van der Waals surface area (Å²) >= 11 is 0. The summed E-state index contributed by atoms with van der Waals surface area (Å²) < 4.78 is 3.41. The minimum Gasteiger partial charge on any atom is -0.477 e. The van der Waals surface area contributed by atoms with Gasteiger partial charge in [0, 0.05) is 14.1 Å². The summed E-state index contributed by atoms with van der Waals surface area (Å²) in [6, 6.07) is 1.57. The van der Waals surface area contributed by atoms with Crippen LogP contribution in [-0.4, -0.2) is 25.2 Å². The summed E-state index contributed by atoms with van der Waals surface area (Å²) in [5.74, 6) is -0.930. The molecule has 0 saturated carbocycles. The molecule has 0 fully saturated rings.